The van der Waals surface area contributed by atoms with Crippen molar-refractivity contribution in [1.82, 2.24) is 4.90 Å². The zero-order valence-corrected chi connectivity index (χ0v) is 16.0. The lowest BCUT2D eigenvalue weighted by Crippen LogP contribution is -2.41. The van der Waals surface area contributed by atoms with Crippen LogP contribution in [0.5, 0.6) is 0 Å². The van der Waals surface area contributed by atoms with Crippen LogP contribution in [0.15, 0.2) is 0 Å². The number of rotatable bonds is 11. The van der Waals surface area contributed by atoms with Crippen molar-refractivity contribution in [2.24, 2.45) is 11.3 Å². The summed E-state index contributed by atoms with van der Waals surface area (Å²) in [5.74, 6) is 0.626. The Hall–Kier alpha value is -0.570. The topological polar surface area (TPSA) is 29.5 Å². The van der Waals surface area contributed by atoms with Crippen molar-refractivity contribution in [3.8, 4) is 0 Å². The lowest BCUT2D eigenvalue weighted by molar-refractivity contribution is -0.162. The molecule has 0 bridgehead atoms. The molecule has 0 saturated heterocycles. The van der Waals surface area contributed by atoms with Crippen molar-refractivity contribution < 1.29 is 9.53 Å². The third-order valence-electron chi connectivity index (χ3n) is 5.94. The molecule has 1 unspecified atom stereocenters. The van der Waals surface area contributed by atoms with Crippen LogP contribution in [-0.2, 0) is 9.53 Å². The van der Waals surface area contributed by atoms with Gasteiger partial charge in [-0.3, -0.25) is 4.79 Å². The van der Waals surface area contributed by atoms with Gasteiger partial charge in [0, 0.05) is 6.54 Å². The van der Waals surface area contributed by atoms with E-state index in [0.717, 1.165) is 45.3 Å². The van der Waals surface area contributed by atoms with Crippen LogP contribution in [0.1, 0.15) is 85.5 Å². The lowest BCUT2D eigenvalue weighted by Gasteiger charge is -2.40. The number of likely N-dealkylation sites (N-methyl/N-ethyl adjacent to an activating group) is 1. The van der Waals surface area contributed by atoms with Crippen molar-refractivity contribution in [2.45, 2.75) is 85.5 Å². The second-order valence-corrected chi connectivity index (χ2v) is 7.11. The summed E-state index contributed by atoms with van der Waals surface area (Å²) in [6, 6.07) is 0. The van der Waals surface area contributed by atoms with Crippen LogP contribution in [0.25, 0.3) is 0 Å². The van der Waals surface area contributed by atoms with Crippen LogP contribution >= 0.6 is 0 Å². The number of hydrogen-bond acceptors (Lipinski definition) is 3. The molecule has 3 nitrogen and oxygen atoms in total. The maximum Gasteiger partial charge on any atom is 0.312 e. The Morgan fingerprint density at radius 1 is 1.09 bits per heavy atom. The first-order valence-corrected chi connectivity index (χ1v) is 10.0. The van der Waals surface area contributed by atoms with E-state index in [-0.39, 0.29) is 11.4 Å². The Morgan fingerprint density at radius 2 is 1.74 bits per heavy atom. The number of ether oxygens (including phenoxy) is 1. The number of unbranched alkanes of at least 4 members (excludes halogenated alkanes) is 1. The standard InChI is InChI=1S/C20H39NO2/c1-5-9-15-20(6-2,18-13-11-10-12-14-18)19(22)23-17-16-21(7-3)8-4/h18H,5-17H2,1-4H3. The molecule has 0 amide bonds. The SMILES string of the molecule is CCCCC(CC)(C(=O)OCCN(CC)CC)C1CCCCC1. The van der Waals surface area contributed by atoms with Crippen molar-refractivity contribution in [2.75, 3.05) is 26.2 Å². The van der Waals surface area contributed by atoms with Gasteiger partial charge in [-0.2, -0.15) is 0 Å². The maximum absolute atomic E-state index is 13.0. The number of carbonyl (C=O) groups is 1. The summed E-state index contributed by atoms with van der Waals surface area (Å²) in [6.45, 7) is 12.2. The van der Waals surface area contributed by atoms with Gasteiger partial charge < -0.3 is 9.64 Å². The highest BCUT2D eigenvalue weighted by Gasteiger charge is 2.44. The predicted molar refractivity (Wildman–Crippen MR) is 97.6 cm³/mol. The number of hydrogen-bond donors (Lipinski definition) is 0. The molecule has 0 spiro atoms. The minimum absolute atomic E-state index is 0.0903. The van der Waals surface area contributed by atoms with Crippen LogP contribution in [0.4, 0.5) is 0 Å². The molecule has 0 aliphatic heterocycles. The average Bonchev–Trinajstić information content (AvgIpc) is 2.60. The molecule has 1 atom stereocenters. The largest absolute Gasteiger partial charge is 0.464 e. The van der Waals surface area contributed by atoms with E-state index in [2.05, 4.69) is 32.6 Å². The second-order valence-electron chi connectivity index (χ2n) is 7.11. The van der Waals surface area contributed by atoms with Gasteiger partial charge in [0.25, 0.3) is 0 Å². The van der Waals surface area contributed by atoms with Crippen molar-refractivity contribution >= 4 is 5.97 Å². The van der Waals surface area contributed by atoms with Gasteiger partial charge in [0.05, 0.1) is 5.41 Å². The van der Waals surface area contributed by atoms with Crippen molar-refractivity contribution in [1.29, 1.82) is 0 Å². The summed E-state index contributed by atoms with van der Waals surface area (Å²) in [4.78, 5) is 15.3. The first kappa shape index (κ1) is 20.5. The van der Waals surface area contributed by atoms with Crippen LogP contribution in [0, 0.1) is 11.3 Å². The number of carbonyl (C=O) groups excluding carboxylic acids is 1. The fourth-order valence-corrected chi connectivity index (χ4v) is 4.18. The van der Waals surface area contributed by atoms with Crippen LogP contribution in [0.2, 0.25) is 0 Å². The van der Waals surface area contributed by atoms with Gasteiger partial charge in [-0.1, -0.05) is 59.8 Å². The quantitative estimate of drug-likeness (QED) is 0.498. The van der Waals surface area contributed by atoms with E-state index in [1.165, 1.54) is 32.1 Å². The molecule has 1 aliphatic rings. The molecule has 1 saturated carbocycles. The molecular weight excluding hydrogens is 286 g/mol. The molecule has 136 valence electrons. The van der Waals surface area contributed by atoms with Crippen molar-refractivity contribution in [3.05, 3.63) is 0 Å². The zero-order valence-electron chi connectivity index (χ0n) is 16.0. The highest BCUT2D eigenvalue weighted by atomic mass is 16.5. The summed E-state index contributed by atoms with van der Waals surface area (Å²) in [5, 5.41) is 0. The van der Waals surface area contributed by atoms with E-state index in [9.17, 15) is 4.79 Å². The zero-order chi connectivity index (χ0) is 17.1. The minimum atomic E-state index is -0.223. The summed E-state index contributed by atoms with van der Waals surface area (Å²) < 4.78 is 5.80. The molecule has 23 heavy (non-hydrogen) atoms. The van der Waals surface area contributed by atoms with Gasteiger partial charge in [-0.05, 0) is 44.7 Å². The van der Waals surface area contributed by atoms with Gasteiger partial charge in [0.1, 0.15) is 6.61 Å². The molecule has 1 aliphatic carbocycles. The van der Waals surface area contributed by atoms with Gasteiger partial charge in [-0.25, -0.2) is 0 Å². The number of nitrogens with zero attached hydrogens (tertiary/aromatic N) is 1. The molecule has 0 radical (unpaired) electrons. The molecule has 0 aromatic carbocycles. The highest BCUT2D eigenvalue weighted by molar-refractivity contribution is 5.77. The van der Waals surface area contributed by atoms with E-state index in [0.29, 0.717) is 12.5 Å². The van der Waals surface area contributed by atoms with Crippen LogP contribution < -0.4 is 0 Å². The van der Waals surface area contributed by atoms with E-state index >= 15 is 0 Å². The third-order valence-corrected chi connectivity index (χ3v) is 5.94. The Bertz CT molecular complexity index is 322. The summed E-state index contributed by atoms with van der Waals surface area (Å²) in [5.41, 5.74) is -0.223. The first-order chi connectivity index (χ1) is 11.1. The molecule has 0 aromatic rings. The Balaban J connectivity index is 2.70. The van der Waals surface area contributed by atoms with E-state index < -0.39 is 0 Å². The monoisotopic (exact) mass is 325 g/mol. The molecule has 1 fully saturated rings. The Kier molecular flexibility index (Phi) is 9.85. The summed E-state index contributed by atoms with van der Waals surface area (Å²) in [6.07, 6.45) is 10.6. The molecule has 0 heterocycles. The third kappa shape index (κ3) is 5.77. The highest BCUT2D eigenvalue weighted by Crippen LogP contribution is 2.45. The molecule has 0 N–H and O–H groups in total. The van der Waals surface area contributed by atoms with Gasteiger partial charge in [0.15, 0.2) is 0 Å². The smallest absolute Gasteiger partial charge is 0.312 e. The Labute approximate surface area is 144 Å². The van der Waals surface area contributed by atoms with Gasteiger partial charge in [-0.15, -0.1) is 0 Å². The first-order valence-electron chi connectivity index (χ1n) is 10.0. The molecular formula is C20H39NO2. The maximum atomic E-state index is 13.0. The van der Waals surface area contributed by atoms with E-state index in [1.807, 2.05) is 0 Å². The molecule has 3 heteroatoms. The van der Waals surface area contributed by atoms with Gasteiger partial charge >= 0.3 is 5.97 Å². The average molecular weight is 326 g/mol. The van der Waals surface area contributed by atoms with Gasteiger partial charge in [0.2, 0.25) is 0 Å². The second kappa shape index (κ2) is 11.1. The Morgan fingerprint density at radius 3 is 2.26 bits per heavy atom. The summed E-state index contributed by atoms with van der Waals surface area (Å²) in [7, 11) is 0. The van der Waals surface area contributed by atoms with E-state index in [4.69, 9.17) is 4.74 Å². The molecule has 0 aromatic heterocycles. The van der Waals surface area contributed by atoms with Crippen LogP contribution in [0.3, 0.4) is 0 Å². The lowest BCUT2D eigenvalue weighted by atomic mass is 9.64. The summed E-state index contributed by atoms with van der Waals surface area (Å²) >= 11 is 0. The molecule has 1 rings (SSSR count). The normalized spacial score (nSPS) is 18.8. The van der Waals surface area contributed by atoms with E-state index in [1.54, 1.807) is 0 Å². The minimum Gasteiger partial charge on any atom is -0.464 e. The number of esters is 1. The fourth-order valence-electron chi connectivity index (χ4n) is 4.18. The van der Waals surface area contributed by atoms with Crippen LogP contribution in [-0.4, -0.2) is 37.1 Å². The van der Waals surface area contributed by atoms with Crippen molar-refractivity contribution in [3.63, 3.8) is 0 Å². The predicted octanol–water partition coefficient (Wildman–Crippen LogP) is 5.04. The fraction of sp³-hybridized carbons (Fsp3) is 0.950.